The van der Waals surface area contributed by atoms with Crippen molar-refractivity contribution in [1.29, 1.82) is 0 Å². The smallest absolute Gasteiger partial charge is 0.404 e. The number of amides is 1. The van der Waals surface area contributed by atoms with Crippen molar-refractivity contribution in [1.82, 2.24) is 0 Å². The Balaban J connectivity index is 3.43. The van der Waals surface area contributed by atoms with E-state index in [-0.39, 0.29) is 0 Å². The summed E-state index contributed by atoms with van der Waals surface area (Å²) in [5, 5.41) is 0. The molecule has 0 aliphatic rings. The summed E-state index contributed by atoms with van der Waals surface area (Å²) in [6, 6.07) is 0. The molecule has 0 fully saturated rings. The first-order valence-electron chi connectivity index (χ1n) is 3.68. The molecule has 0 radical (unpaired) electrons. The van der Waals surface area contributed by atoms with Crippen LogP contribution in [0.4, 0.5) is 4.79 Å². The highest BCUT2D eigenvalue weighted by atomic mass is 127. The minimum Gasteiger partial charge on any atom is -0.449 e. The van der Waals surface area contributed by atoms with Gasteiger partial charge < -0.3 is 10.5 Å². The molecule has 2 N–H and O–H groups in total. The van der Waals surface area contributed by atoms with Gasteiger partial charge in [-0.1, -0.05) is 35.9 Å². The average Bonchev–Trinajstić information content (AvgIpc) is 1.97. The van der Waals surface area contributed by atoms with Crippen LogP contribution in [0.15, 0.2) is 0 Å². The number of alkyl halides is 1. The summed E-state index contributed by atoms with van der Waals surface area (Å²) < 4.78 is 5.78. The molecule has 0 rings (SSSR count). The Morgan fingerprint density at radius 1 is 1.73 bits per heavy atom. The van der Waals surface area contributed by atoms with E-state index in [1.807, 2.05) is 0 Å². The lowest BCUT2D eigenvalue weighted by molar-refractivity contribution is 0.134. The van der Waals surface area contributed by atoms with Gasteiger partial charge in [-0.25, -0.2) is 4.79 Å². The minimum absolute atomic E-state index is 0.467. The Kier molecular flexibility index (Phi) is 6.69. The number of ether oxygens (including phenoxy) is 1. The van der Waals surface area contributed by atoms with Crippen LogP contribution in [0.2, 0.25) is 0 Å². The Hall–Kier alpha value is 0. The Bertz CT molecular complexity index is 119. The molecule has 11 heavy (non-hydrogen) atoms. The topological polar surface area (TPSA) is 52.3 Å². The van der Waals surface area contributed by atoms with Crippen LogP contribution < -0.4 is 5.73 Å². The normalized spacial score (nSPS) is 12.5. The van der Waals surface area contributed by atoms with Crippen LogP contribution in [0.3, 0.4) is 0 Å². The number of hydrogen-bond donors (Lipinski definition) is 1. The van der Waals surface area contributed by atoms with Gasteiger partial charge in [0.05, 0.1) is 6.61 Å². The molecule has 4 heteroatoms. The van der Waals surface area contributed by atoms with E-state index >= 15 is 0 Å². The zero-order chi connectivity index (χ0) is 8.69. The second-order valence-corrected chi connectivity index (χ2v) is 3.46. The minimum atomic E-state index is -0.670. The zero-order valence-corrected chi connectivity index (χ0v) is 8.84. The van der Waals surface area contributed by atoms with Gasteiger partial charge in [0.2, 0.25) is 0 Å². The lowest BCUT2D eigenvalue weighted by Crippen LogP contribution is -2.18. The van der Waals surface area contributed by atoms with Gasteiger partial charge in [0.25, 0.3) is 0 Å². The van der Waals surface area contributed by atoms with Crippen molar-refractivity contribution >= 4 is 28.7 Å². The molecule has 0 aromatic rings. The Labute approximate surface area is 80.8 Å². The molecule has 0 aliphatic heterocycles. The molecular formula is C7H14INO2. The first-order valence-corrected chi connectivity index (χ1v) is 5.21. The third-order valence-electron chi connectivity index (χ3n) is 1.56. The quantitative estimate of drug-likeness (QED) is 0.613. The number of nitrogens with two attached hydrogens (primary N) is 1. The van der Waals surface area contributed by atoms with E-state index in [1.54, 1.807) is 0 Å². The molecule has 0 saturated heterocycles. The lowest BCUT2D eigenvalue weighted by Gasteiger charge is -2.11. The number of carbonyl (C=O) groups is 1. The predicted molar refractivity (Wildman–Crippen MR) is 52.8 cm³/mol. The maximum atomic E-state index is 10.2. The van der Waals surface area contributed by atoms with E-state index in [9.17, 15) is 4.79 Å². The molecule has 0 saturated carbocycles. The van der Waals surface area contributed by atoms with E-state index in [0.29, 0.717) is 12.5 Å². The summed E-state index contributed by atoms with van der Waals surface area (Å²) in [6.45, 7) is 2.55. The molecule has 1 atom stereocenters. The fraction of sp³-hybridized carbons (Fsp3) is 0.857. The predicted octanol–water partition coefficient (Wildman–Crippen LogP) is 1.93. The van der Waals surface area contributed by atoms with Crippen molar-refractivity contribution < 1.29 is 9.53 Å². The molecule has 0 aromatic heterocycles. The molecule has 3 nitrogen and oxygen atoms in total. The van der Waals surface area contributed by atoms with Crippen molar-refractivity contribution in [3.63, 3.8) is 0 Å². The average molecular weight is 271 g/mol. The first-order chi connectivity index (χ1) is 5.20. The molecule has 0 heterocycles. The molecule has 0 bridgehead atoms. The number of hydrogen-bond acceptors (Lipinski definition) is 2. The van der Waals surface area contributed by atoms with Crippen molar-refractivity contribution in [3.8, 4) is 0 Å². The van der Waals surface area contributed by atoms with Gasteiger partial charge in [-0.15, -0.1) is 0 Å². The van der Waals surface area contributed by atoms with Crippen LogP contribution >= 0.6 is 22.6 Å². The molecule has 0 spiro atoms. The molecule has 0 aliphatic carbocycles. The number of primary amides is 1. The SMILES string of the molecule is CCC(CCI)COC(N)=O. The van der Waals surface area contributed by atoms with Crippen LogP contribution in [-0.2, 0) is 4.74 Å². The van der Waals surface area contributed by atoms with Crippen LogP contribution in [0.25, 0.3) is 0 Å². The fourth-order valence-corrected chi connectivity index (χ4v) is 1.64. The molecule has 1 amide bonds. The summed E-state index contributed by atoms with van der Waals surface area (Å²) in [5.41, 5.74) is 4.83. The maximum Gasteiger partial charge on any atom is 0.404 e. The number of halogens is 1. The van der Waals surface area contributed by atoms with Gasteiger partial charge in [0, 0.05) is 0 Å². The van der Waals surface area contributed by atoms with E-state index in [2.05, 4.69) is 34.3 Å². The van der Waals surface area contributed by atoms with Crippen LogP contribution in [0.1, 0.15) is 19.8 Å². The summed E-state index contributed by atoms with van der Waals surface area (Å²) in [7, 11) is 0. The van der Waals surface area contributed by atoms with Gasteiger partial charge in [0.1, 0.15) is 0 Å². The van der Waals surface area contributed by atoms with Crippen LogP contribution in [-0.4, -0.2) is 17.1 Å². The fourth-order valence-electron chi connectivity index (χ4n) is 0.760. The zero-order valence-electron chi connectivity index (χ0n) is 6.68. The van der Waals surface area contributed by atoms with E-state index in [4.69, 9.17) is 5.73 Å². The highest BCUT2D eigenvalue weighted by Crippen LogP contribution is 2.10. The molecule has 0 aromatic carbocycles. The van der Waals surface area contributed by atoms with Gasteiger partial charge in [-0.2, -0.15) is 0 Å². The van der Waals surface area contributed by atoms with Crippen molar-refractivity contribution in [3.05, 3.63) is 0 Å². The third kappa shape index (κ3) is 6.40. The number of carbonyl (C=O) groups excluding carboxylic acids is 1. The second kappa shape index (κ2) is 6.69. The van der Waals surface area contributed by atoms with Crippen molar-refractivity contribution in [2.45, 2.75) is 19.8 Å². The van der Waals surface area contributed by atoms with Gasteiger partial charge in [-0.05, 0) is 16.8 Å². The van der Waals surface area contributed by atoms with Crippen molar-refractivity contribution in [2.24, 2.45) is 11.7 Å². The van der Waals surface area contributed by atoms with Gasteiger partial charge in [0.15, 0.2) is 0 Å². The lowest BCUT2D eigenvalue weighted by atomic mass is 10.1. The summed E-state index contributed by atoms with van der Waals surface area (Å²) in [4.78, 5) is 10.2. The van der Waals surface area contributed by atoms with E-state index in [0.717, 1.165) is 17.3 Å². The summed E-state index contributed by atoms with van der Waals surface area (Å²) in [5.74, 6) is 0.472. The summed E-state index contributed by atoms with van der Waals surface area (Å²) >= 11 is 2.31. The van der Waals surface area contributed by atoms with E-state index in [1.165, 1.54) is 0 Å². The van der Waals surface area contributed by atoms with Crippen LogP contribution in [0, 0.1) is 5.92 Å². The highest BCUT2D eigenvalue weighted by molar-refractivity contribution is 14.1. The standard InChI is InChI=1S/C7H14INO2/c1-2-6(3-4-8)5-11-7(9)10/h6H,2-5H2,1H3,(H2,9,10). The maximum absolute atomic E-state index is 10.2. The van der Waals surface area contributed by atoms with Crippen molar-refractivity contribution in [2.75, 3.05) is 11.0 Å². The molecular weight excluding hydrogens is 257 g/mol. The first kappa shape index (κ1) is 11.0. The Morgan fingerprint density at radius 3 is 2.73 bits per heavy atom. The summed E-state index contributed by atoms with van der Waals surface area (Å²) in [6.07, 6.45) is 1.46. The third-order valence-corrected chi connectivity index (χ3v) is 2.18. The van der Waals surface area contributed by atoms with E-state index < -0.39 is 6.09 Å². The monoisotopic (exact) mass is 271 g/mol. The van der Waals surface area contributed by atoms with Crippen LogP contribution in [0.5, 0.6) is 0 Å². The Morgan fingerprint density at radius 2 is 2.36 bits per heavy atom. The second-order valence-electron chi connectivity index (χ2n) is 2.38. The molecule has 1 unspecified atom stereocenters. The van der Waals surface area contributed by atoms with Gasteiger partial charge in [-0.3, -0.25) is 0 Å². The highest BCUT2D eigenvalue weighted by Gasteiger charge is 2.06. The largest absolute Gasteiger partial charge is 0.449 e. The number of rotatable bonds is 5. The van der Waals surface area contributed by atoms with Gasteiger partial charge >= 0.3 is 6.09 Å². The molecule has 66 valence electrons.